The van der Waals surface area contributed by atoms with E-state index in [1.54, 1.807) is 43.3 Å². The van der Waals surface area contributed by atoms with Gasteiger partial charge in [-0.2, -0.15) is 0 Å². The molecule has 1 unspecified atom stereocenters. The van der Waals surface area contributed by atoms with Crippen LogP contribution in [0.4, 0.5) is 5.69 Å². The summed E-state index contributed by atoms with van der Waals surface area (Å²) in [5, 5.41) is 3.49. The highest BCUT2D eigenvalue weighted by Crippen LogP contribution is 2.23. The quantitative estimate of drug-likeness (QED) is 0.449. The van der Waals surface area contributed by atoms with Crippen molar-refractivity contribution in [2.45, 2.75) is 64.6 Å². The lowest BCUT2D eigenvalue weighted by molar-refractivity contribution is -0.139. The van der Waals surface area contributed by atoms with Crippen molar-refractivity contribution >= 4 is 44.9 Å². The van der Waals surface area contributed by atoms with Crippen LogP contribution in [0.3, 0.4) is 0 Å². The number of ketones is 1. The van der Waals surface area contributed by atoms with Gasteiger partial charge in [0.1, 0.15) is 12.6 Å². The lowest BCUT2D eigenvalue weighted by Crippen LogP contribution is -2.53. The van der Waals surface area contributed by atoms with E-state index in [2.05, 4.69) is 5.32 Å². The van der Waals surface area contributed by atoms with Crippen molar-refractivity contribution in [3.63, 3.8) is 0 Å². The number of carbonyl (C=O) groups is 3. The molecule has 1 atom stereocenters. The maximum Gasteiger partial charge on any atom is 0.244 e. The minimum absolute atomic E-state index is 0.0306. The first-order valence-electron chi connectivity index (χ1n) is 12.4. The maximum atomic E-state index is 13.7. The normalized spacial score (nSPS) is 15.0. The summed E-state index contributed by atoms with van der Waals surface area (Å²) in [6.45, 7) is 2.51. The van der Waals surface area contributed by atoms with Gasteiger partial charge < -0.3 is 10.2 Å². The molecule has 1 aliphatic rings. The van der Waals surface area contributed by atoms with Crippen LogP contribution in [0.2, 0.25) is 5.02 Å². The number of carbonyl (C=O) groups excluding carboxylic acids is 3. The number of hydrogen-bond donors (Lipinski definition) is 1. The molecule has 2 aromatic rings. The van der Waals surface area contributed by atoms with E-state index < -0.39 is 28.5 Å². The molecular weight excluding hydrogens is 514 g/mol. The Balaban J connectivity index is 1.91. The van der Waals surface area contributed by atoms with Crippen LogP contribution >= 0.6 is 11.6 Å². The molecule has 1 N–H and O–H groups in total. The number of rotatable bonds is 10. The van der Waals surface area contributed by atoms with Crippen molar-refractivity contribution in [1.29, 1.82) is 0 Å². The summed E-state index contributed by atoms with van der Waals surface area (Å²) in [5.74, 6) is -1.09. The van der Waals surface area contributed by atoms with Gasteiger partial charge in [0.15, 0.2) is 5.78 Å². The maximum absolute atomic E-state index is 13.7. The Hall–Kier alpha value is -2.91. The Morgan fingerprint density at radius 3 is 2.35 bits per heavy atom. The van der Waals surface area contributed by atoms with E-state index in [9.17, 15) is 22.8 Å². The van der Waals surface area contributed by atoms with Crippen LogP contribution in [0.15, 0.2) is 48.5 Å². The molecule has 0 heterocycles. The molecule has 200 valence electrons. The molecule has 3 rings (SSSR count). The molecule has 0 spiro atoms. The average Bonchev–Trinajstić information content (AvgIpc) is 2.86. The van der Waals surface area contributed by atoms with Gasteiger partial charge in [-0.15, -0.1) is 0 Å². The summed E-state index contributed by atoms with van der Waals surface area (Å²) in [5.41, 5.74) is 1.16. The smallest absolute Gasteiger partial charge is 0.244 e. The minimum atomic E-state index is -3.89. The first kappa shape index (κ1) is 28.7. The van der Waals surface area contributed by atoms with Crippen LogP contribution in [0.5, 0.6) is 0 Å². The van der Waals surface area contributed by atoms with E-state index in [0.29, 0.717) is 16.1 Å². The summed E-state index contributed by atoms with van der Waals surface area (Å²) in [6, 6.07) is 12.3. The standard InChI is InChI=1S/C27H34ClN3O5S/c1-19(27(34)29-23-12-5-4-6-13-23)30(17-22-10-7-8-15-25(22)28)26(33)18-31(37(3,35)36)24-14-9-11-21(16-24)20(2)32/h7-11,14-16,19,23H,4-6,12-13,17-18H2,1-3H3,(H,29,34). The first-order valence-corrected chi connectivity index (χ1v) is 14.6. The molecule has 37 heavy (non-hydrogen) atoms. The number of sulfonamides is 1. The first-order chi connectivity index (χ1) is 17.5. The third-order valence-corrected chi connectivity index (χ3v) is 8.15. The van der Waals surface area contributed by atoms with E-state index >= 15 is 0 Å². The second-order valence-electron chi connectivity index (χ2n) is 9.51. The molecule has 1 aliphatic carbocycles. The second kappa shape index (κ2) is 12.6. The van der Waals surface area contributed by atoms with Gasteiger partial charge in [0.25, 0.3) is 0 Å². The lowest BCUT2D eigenvalue weighted by Gasteiger charge is -2.33. The van der Waals surface area contributed by atoms with Crippen molar-refractivity contribution in [3.05, 3.63) is 64.7 Å². The van der Waals surface area contributed by atoms with Crippen LogP contribution in [-0.4, -0.2) is 55.8 Å². The van der Waals surface area contributed by atoms with Gasteiger partial charge in [-0.05, 0) is 50.5 Å². The lowest BCUT2D eigenvalue weighted by atomic mass is 9.95. The number of amides is 2. The number of halogens is 1. The number of nitrogens with one attached hydrogen (secondary N) is 1. The molecule has 0 bridgehead atoms. The fraction of sp³-hybridized carbons (Fsp3) is 0.444. The highest BCUT2D eigenvalue weighted by Gasteiger charge is 2.31. The van der Waals surface area contributed by atoms with E-state index in [0.717, 1.165) is 42.7 Å². The van der Waals surface area contributed by atoms with Crippen molar-refractivity contribution in [2.24, 2.45) is 0 Å². The average molecular weight is 548 g/mol. The minimum Gasteiger partial charge on any atom is -0.352 e. The van der Waals surface area contributed by atoms with E-state index in [4.69, 9.17) is 11.6 Å². The van der Waals surface area contributed by atoms with Gasteiger partial charge >= 0.3 is 0 Å². The van der Waals surface area contributed by atoms with Gasteiger partial charge in [-0.3, -0.25) is 18.7 Å². The van der Waals surface area contributed by atoms with Crippen molar-refractivity contribution < 1.29 is 22.8 Å². The molecule has 2 aromatic carbocycles. The highest BCUT2D eigenvalue weighted by molar-refractivity contribution is 7.92. The summed E-state index contributed by atoms with van der Waals surface area (Å²) in [4.78, 5) is 40.1. The van der Waals surface area contributed by atoms with Crippen LogP contribution in [0.1, 0.15) is 61.9 Å². The van der Waals surface area contributed by atoms with Crippen LogP contribution < -0.4 is 9.62 Å². The fourth-order valence-electron chi connectivity index (χ4n) is 4.46. The van der Waals surface area contributed by atoms with Gasteiger partial charge in [0.05, 0.1) is 11.9 Å². The van der Waals surface area contributed by atoms with E-state index in [1.165, 1.54) is 24.0 Å². The summed E-state index contributed by atoms with van der Waals surface area (Å²) < 4.78 is 26.4. The zero-order valence-electron chi connectivity index (χ0n) is 21.4. The predicted octanol–water partition coefficient (Wildman–Crippen LogP) is 4.17. The topological polar surface area (TPSA) is 104 Å². The zero-order valence-corrected chi connectivity index (χ0v) is 23.0. The molecule has 0 radical (unpaired) electrons. The highest BCUT2D eigenvalue weighted by atomic mass is 35.5. The fourth-order valence-corrected chi connectivity index (χ4v) is 5.49. The Bertz CT molecular complexity index is 1240. The van der Waals surface area contributed by atoms with E-state index in [-0.39, 0.29) is 30.0 Å². The number of anilines is 1. The molecule has 0 aliphatic heterocycles. The summed E-state index contributed by atoms with van der Waals surface area (Å²) in [6.07, 6.45) is 6.02. The molecule has 8 nitrogen and oxygen atoms in total. The number of hydrogen-bond acceptors (Lipinski definition) is 5. The van der Waals surface area contributed by atoms with Crippen LogP contribution in [0.25, 0.3) is 0 Å². The largest absolute Gasteiger partial charge is 0.352 e. The Kier molecular flexibility index (Phi) is 9.73. The zero-order chi connectivity index (χ0) is 27.2. The van der Waals surface area contributed by atoms with Gasteiger partial charge in [0, 0.05) is 23.2 Å². The third kappa shape index (κ3) is 7.79. The molecule has 0 saturated heterocycles. The number of nitrogens with zero attached hydrogens (tertiary/aromatic N) is 2. The third-order valence-electron chi connectivity index (χ3n) is 6.64. The molecule has 2 amide bonds. The molecule has 1 fully saturated rings. The van der Waals surface area contributed by atoms with Gasteiger partial charge in [-0.1, -0.05) is 61.2 Å². The Labute approximate surface area is 224 Å². The second-order valence-corrected chi connectivity index (χ2v) is 11.8. The van der Waals surface area contributed by atoms with Crippen LogP contribution in [0, 0.1) is 0 Å². The summed E-state index contributed by atoms with van der Waals surface area (Å²) in [7, 11) is -3.89. The van der Waals surface area contributed by atoms with Crippen molar-refractivity contribution in [3.8, 4) is 0 Å². The number of benzene rings is 2. The van der Waals surface area contributed by atoms with E-state index in [1.807, 2.05) is 0 Å². The Morgan fingerprint density at radius 1 is 1.05 bits per heavy atom. The SMILES string of the molecule is CC(=O)c1cccc(N(CC(=O)N(Cc2ccccc2Cl)C(C)C(=O)NC2CCCCC2)S(C)(=O)=O)c1. The van der Waals surface area contributed by atoms with Crippen LogP contribution in [-0.2, 0) is 26.2 Å². The van der Waals surface area contributed by atoms with Gasteiger partial charge in [0.2, 0.25) is 21.8 Å². The summed E-state index contributed by atoms with van der Waals surface area (Å²) >= 11 is 6.36. The van der Waals surface area contributed by atoms with Gasteiger partial charge in [-0.25, -0.2) is 8.42 Å². The molecule has 1 saturated carbocycles. The Morgan fingerprint density at radius 2 is 1.73 bits per heavy atom. The monoisotopic (exact) mass is 547 g/mol. The predicted molar refractivity (Wildman–Crippen MR) is 145 cm³/mol. The molecular formula is C27H34ClN3O5S. The molecule has 0 aromatic heterocycles. The van der Waals surface area contributed by atoms with Crippen molar-refractivity contribution in [1.82, 2.24) is 10.2 Å². The van der Waals surface area contributed by atoms with Crippen molar-refractivity contribution in [2.75, 3.05) is 17.1 Å². The molecule has 10 heteroatoms. The number of Topliss-reactive ketones (excluding diaryl/α,β-unsaturated/α-hetero) is 1.